The van der Waals surface area contributed by atoms with Crippen LogP contribution in [0.5, 0.6) is 11.5 Å². The van der Waals surface area contributed by atoms with E-state index in [1.165, 1.54) is 23.5 Å². The molecule has 0 aliphatic rings. The van der Waals surface area contributed by atoms with Crippen molar-refractivity contribution in [3.63, 3.8) is 0 Å². The zero-order valence-electron chi connectivity index (χ0n) is 19.6. The van der Waals surface area contributed by atoms with Gasteiger partial charge in [-0.3, -0.25) is 14.4 Å². The molecule has 1 aromatic heterocycles. The molecular weight excluding hydrogens is 500 g/mol. The number of rotatable bonds is 10. The first kappa shape index (κ1) is 25.1. The Balaban J connectivity index is 1.56. The van der Waals surface area contributed by atoms with E-state index in [0.717, 1.165) is 9.87 Å². The van der Waals surface area contributed by atoms with Crippen LogP contribution >= 0.6 is 11.3 Å². The van der Waals surface area contributed by atoms with Crippen molar-refractivity contribution in [1.82, 2.24) is 10.2 Å². The zero-order valence-corrected chi connectivity index (χ0v) is 21.3. The van der Waals surface area contributed by atoms with Gasteiger partial charge in [0, 0.05) is 5.56 Å². The lowest BCUT2D eigenvalue weighted by molar-refractivity contribution is -0.114. The minimum Gasteiger partial charge on any atom is -0.497 e. The summed E-state index contributed by atoms with van der Waals surface area (Å²) in [5.74, 6) is 0.759. The van der Waals surface area contributed by atoms with E-state index < -0.39 is 22.5 Å². The van der Waals surface area contributed by atoms with Gasteiger partial charge in [0.05, 0.1) is 24.3 Å². The maximum Gasteiger partial charge on any atom is 0.264 e. The van der Waals surface area contributed by atoms with Gasteiger partial charge >= 0.3 is 0 Å². The number of sulfonamides is 1. The number of amides is 1. The predicted molar refractivity (Wildman–Crippen MR) is 139 cm³/mol. The van der Waals surface area contributed by atoms with Crippen LogP contribution < -0.4 is 19.1 Å². The minimum atomic E-state index is -4.02. The van der Waals surface area contributed by atoms with E-state index in [0.29, 0.717) is 28.8 Å². The number of nitrogens with zero attached hydrogens (tertiary/aromatic N) is 3. The molecule has 186 valence electrons. The summed E-state index contributed by atoms with van der Waals surface area (Å²) in [6, 6.07) is 21.8. The molecule has 4 rings (SSSR count). The first-order chi connectivity index (χ1) is 17.4. The van der Waals surface area contributed by atoms with Crippen LogP contribution in [0, 0.1) is 0 Å². The lowest BCUT2D eigenvalue weighted by Gasteiger charge is -2.24. The van der Waals surface area contributed by atoms with Crippen molar-refractivity contribution in [2.24, 2.45) is 0 Å². The molecule has 1 amide bonds. The van der Waals surface area contributed by atoms with Crippen LogP contribution in [0.15, 0.2) is 83.8 Å². The highest BCUT2D eigenvalue weighted by atomic mass is 32.2. The molecular formula is C25H24N4O5S2. The van der Waals surface area contributed by atoms with E-state index in [-0.39, 0.29) is 10.0 Å². The van der Waals surface area contributed by atoms with Crippen LogP contribution in [-0.2, 0) is 14.8 Å². The van der Waals surface area contributed by atoms with Gasteiger partial charge in [-0.25, -0.2) is 8.42 Å². The second-order valence-electron chi connectivity index (χ2n) is 7.44. The van der Waals surface area contributed by atoms with Gasteiger partial charge in [-0.15, -0.1) is 10.2 Å². The molecule has 9 nitrogen and oxygen atoms in total. The van der Waals surface area contributed by atoms with Gasteiger partial charge in [0.1, 0.15) is 23.1 Å². The Morgan fingerprint density at radius 1 is 0.944 bits per heavy atom. The zero-order chi connectivity index (χ0) is 25.5. The van der Waals surface area contributed by atoms with Crippen LogP contribution in [0.2, 0.25) is 0 Å². The Kier molecular flexibility index (Phi) is 7.81. The number of nitrogens with one attached hydrogen (secondary N) is 1. The number of methoxy groups -OCH3 is 1. The van der Waals surface area contributed by atoms with Crippen LogP contribution in [-0.4, -0.2) is 44.8 Å². The predicted octanol–water partition coefficient (Wildman–Crippen LogP) is 4.45. The Hall–Kier alpha value is -3.96. The number of carbonyl (C=O) groups is 1. The number of hydrogen-bond acceptors (Lipinski definition) is 8. The van der Waals surface area contributed by atoms with Gasteiger partial charge in [-0.2, -0.15) is 0 Å². The molecule has 0 saturated carbocycles. The van der Waals surface area contributed by atoms with Crippen LogP contribution in [0.1, 0.15) is 6.92 Å². The van der Waals surface area contributed by atoms with E-state index in [1.54, 1.807) is 61.7 Å². The number of anilines is 2. The molecule has 4 aromatic rings. The first-order valence-electron chi connectivity index (χ1n) is 11.0. The molecule has 0 spiro atoms. The third-order valence-corrected chi connectivity index (χ3v) is 7.74. The van der Waals surface area contributed by atoms with E-state index >= 15 is 0 Å². The SMILES string of the molecule is CCOc1ccc(N(CC(=O)Nc2nnc(-c3ccc(OC)cc3)s2)S(=O)(=O)c2ccccc2)cc1. The van der Waals surface area contributed by atoms with Crippen molar-refractivity contribution in [2.45, 2.75) is 11.8 Å². The van der Waals surface area contributed by atoms with Crippen molar-refractivity contribution in [1.29, 1.82) is 0 Å². The molecule has 0 aliphatic carbocycles. The number of hydrogen-bond donors (Lipinski definition) is 1. The number of benzene rings is 3. The Labute approximate surface area is 213 Å². The third-order valence-electron chi connectivity index (χ3n) is 5.06. The fraction of sp³-hybridized carbons (Fsp3) is 0.160. The van der Waals surface area contributed by atoms with Gasteiger partial charge in [-0.05, 0) is 67.6 Å². The van der Waals surface area contributed by atoms with Gasteiger partial charge in [0.2, 0.25) is 11.0 Å². The molecule has 0 aliphatic heterocycles. The van der Waals surface area contributed by atoms with E-state index in [4.69, 9.17) is 9.47 Å². The maximum atomic E-state index is 13.5. The smallest absolute Gasteiger partial charge is 0.264 e. The van der Waals surface area contributed by atoms with Crippen molar-refractivity contribution < 1.29 is 22.7 Å². The largest absolute Gasteiger partial charge is 0.497 e. The summed E-state index contributed by atoms with van der Waals surface area (Å²) in [6.07, 6.45) is 0. The molecule has 0 saturated heterocycles. The van der Waals surface area contributed by atoms with Gasteiger partial charge in [0.15, 0.2) is 0 Å². The summed E-state index contributed by atoms with van der Waals surface area (Å²) in [5, 5.41) is 11.7. The molecule has 0 radical (unpaired) electrons. The molecule has 0 atom stereocenters. The van der Waals surface area contributed by atoms with Gasteiger partial charge in [0.25, 0.3) is 10.0 Å². The summed E-state index contributed by atoms with van der Waals surface area (Å²) in [7, 11) is -2.44. The standard InChI is InChI=1S/C25H24N4O5S2/c1-3-34-21-15-11-19(12-16-21)29(36(31,32)22-7-5-4-6-8-22)17-23(30)26-25-28-27-24(35-25)18-9-13-20(33-2)14-10-18/h4-16H,3,17H2,1-2H3,(H,26,28,30). The van der Waals surface area contributed by atoms with Crippen molar-refractivity contribution in [3.05, 3.63) is 78.9 Å². The van der Waals surface area contributed by atoms with Crippen LogP contribution in [0.25, 0.3) is 10.6 Å². The molecule has 11 heteroatoms. The molecule has 1 N–H and O–H groups in total. The van der Waals surface area contributed by atoms with Gasteiger partial charge < -0.3 is 9.47 Å². The lowest BCUT2D eigenvalue weighted by Crippen LogP contribution is -2.38. The minimum absolute atomic E-state index is 0.0735. The first-order valence-corrected chi connectivity index (χ1v) is 13.2. The van der Waals surface area contributed by atoms with Crippen molar-refractivity contribution in [3.8, 4) is 22.1 Å². The maximum absolute atomic E-state index is 13.5. The highest BCUT2D eigenvalue weighted by molar-refractivity contribution is 7.92. The molecule has 0 unspecified atom stereocenters. The van der Waals surface area contributed by atoms with E-state index in [1.807, 2.05) is 19.1 Å². The quantitative estimate of drug-likeness (QED) is 0.326. The molecule has 36 heavy (non-hydrogen) atoms. The van der Waals surface area contributed by atoms with E-state index in [2.05, 4.69) is 15.5 Å². The van der Waals surface area contributed by atoms with Crippen molar-refractivity contribution >= 4 is 38.1 Å². The highest BCUT2D eigenvalue weighted by Gasteiger charge is 2.27. The second kappa shape index (κ2) is 11.2. The van der Waals surface area contributed by atoms with E-state index in [9.17, 15) is 13.2 Å². The van der Waals surface area contributed by atoms with Gasteiger partial charge in [-0.1, -0.05) is 29.5 Å². The number of aromatic nitrogens is 2. The Morgan fingerprint density at radius 3 is 2.25 bits per heavy atom. The monoisotopic (exact) mass is 524 g/mol. The average Bonchev–Trinajstić information content (AvgIpc) is 3.37. The topological polar surface area (TPSA) is 111 Å². The second-order valence-corrected chi connectivity index (χ2v) is 10.3. The highest BCUT2D eigenvalue weighted by Crippen LogP contribution is 2.29. The summed E-state index contributed by atoms with van der Waals surface area (Å²) >= 11 is 1.18. The summed E-state index contributed by atoms with van der Waals surface area (Å²) in [5.41, 5.74) is 1.14. The summed E-state index contributed by atoms with van der Waals surface area (Å²) in [6.45, 7) is 1.88. The fourth-order valence-corrected chi connectivity index (χ4v) is 5.53. The van der Waals surface area contributed by atoms with Crippen LogP contribution in [0.3, 0.4) is 0 Å². The average molecular weight is 525 g/mol. The molecule has 0 bridgehead atoms. The third kappa shape index (κ3) is 5.81. The fourth-order valence-electron chi connectivity index (χ4n) is 3.32. The normalized spacial score (nSPS) is 11.1. The lowest BCUT2D eigenvalue weighted by atomic mass is 10.2. The number of ether oxygens (including phenoxy) is 2. The Bertz CT molecular complexity index is 1410. The van der Waals surface area contributed by atoms with Crippen LogP contribution in [0.4, 0.5) is 10.8 Å². The molecule has 3 aromatic carbocycles. The molecule has 0 fully saturated rings. The Morgan fingerprint density at radius 2 is 1.61 bits per heavy atom. The summed E-state index contributed by atoms with van der Waals surface area (Å²) < 4.78 is 38.6. The number of carbonyl (C=O) groups excluding carboxylic acids is 1. The molecule has 1 heterocycles. The summed E-state index contributed by atoms with van der Waals surface area (Å²) in [4.78, 5) is 13.0. The van der Waals surface area contributed by atoms with Crippen molar-refractivity contribution in [2.75, 3.05) is 29.9 Å².